The number of quaternary nitrogens is 1. The molecule has 0 N–H and O–H groups in total. The van der Waals surface area contributed by atoms with Gasteiger partial charge in [0.25, 0.3) is 0 Å². The molecule has 0 amide bonds. The first kappa shape index (κ1) is 90.1. The summed E-state index contributed by atoms with van der Waals surface area (Å²) in [4.78, 5) is 37.5. The maximum Gasteiger partial charge on any atom is 0.306 e. The van der Waals surface area contributed by atoms with Crippen LogP contribution in [0.4, 0.5) is 0 Å². The van der Waals surface area contributed by atoms with E-state index in [2.05, 4.69) is 257 Å². The molecule has 9 heteroatoms. The Morgan fingerprint density at radius 2 is 0.557 bits per heavy atom. The molecule has 0 spiro atoms. The topological polar surface area (TPSA) is 111 Å². The standard InChI is InChI=1S/C88H133NO8/c1-6-8-10-12-14-16-18-20-22-24-26-28-30-32-34-36-38-39-40-41-42-43-44-45-46-47-49-51-53-55-57-59-61-63-65-67-69-71-73-75-77-79-86(91)97-84(83-96-88(87(92)93)94-81-80-89(3,4)5)82-95-85(90)78-76-74-72-70-68-66-64-62-60-58-56-54-52-50-48-37-35-33-31-29-27-25-23-21-19-17-15-13-11-9-7-2/h8-11,14-17,20-23,26-29,32-35,38-39,41-42,44-45,47-50,53-56,59-62,65,67,84,88H,6-7,12-13,18-19,24-25,30-31,36-37,40,43,46,51-52,57-58,63-64,66,68-83H2,1-5H3/b10-8-,11-9-,16-14-,17-15-,22-20-,23-21-,28-26-,29-27-,34-32-,35-33-,39-38-,42-41-,45-44-,49-47-,50-48-,55-53-,56-54-,61-59-,62-60-,67-65-. The van der Waals surface area contributed by atoms with Crippen molar-refractivity contribution in [3.8, 4) is 0 Å². The molecule has 2 atom stereocenters. The lowest BCUT2D eigenvalue weighted by Gasteiger charge is -2.26. The van der Waals surface area contributed by atoms with Gasteiger partial charge in [-0.3, -0.25) is 9.59 Å². The van der Waals surface area contributed by atoms with Crippen molar-refractivity contribution in [2.45, 2.75) is 245 Å². The first-order valence-corrected chi connectivity index (χ1v) is 37.2. The molecule has 0 fully saturated rings. The zero-order valence-electron chi connectivity index (χ0n) is 61.3. The Bertz CT molecular complexity index is 2500. The van der Waals surface area contributed by atoms with Crippen LogP contribution in [0, 0.1) is 0 Å². The molecule has 97 heavy (non-hydrogen) atoms. The number of hydrogen-bond acceptors (Lipinski definition) is 8. The number of carbonyl (C=O) groups excluding carboxylic acids is 3. The Morgan fingerprint density at radius 1 is 0.309 bits per heavy atom. The van der Waals surface area contributed by atoms with Crippen LogP contribution in [-0.2, 0) is 33.3 Å². The fourth-order valence-corrected chi connectivity index (χ4v) is 9.00. The predicted molar refractivity (Wildman–Crippen MR) is 416 cm³/mol. The van der Waals surface area contributed by atoms with E-state index < -0.39 is 30.3 Å². The van der Waals surface area contributed by atoms with Crippen molar-refractivity contribution in [2.24, 2.45) is 0 Å². The van der Waals surface area contributed by atoms with Gasteiger partial charge < -0.3 is 33.3 Å². The van der Waals surface area contributed by atoms with Crippen molar-refractivity contribution >= 4 is 17.9 Å². The van der Waals surface area contributed by atoms with Crippen LogP contribution in [0.25, 0.3) is 0 Å². The number of ether oxygens (including phenoxy) is 4. The molecule has 0 saturated carbocycles. The molecule has 0 radical (unpaired) electrons. The van der Waals surface area contributed by atoms with Crippen LogP contribution >= 0.6 is 0 Å². The lowest BCUT2D eigenvalue weighted by atomic mass is 10.1. The van der Waals surface area contributed by atoms with Crippen molar-refractivity contribution < 1.29 is 42.9 Å². The summed E-state index contributed by atoms with van der Waals surface area (Å²) in [5.74, 6) is -2.37. The number of rotatable bonds is 65. The van der Waals surface area contributed by atoms with Crippen LogP contribution in [0.3, 0.4) is 0 Å². The van der Waals surface area contributed by atoms with Gasteiger partial charge in [0.2, 0.25) is 0 Å². The van der Waals surface area contributed by atoms with Crippen LogP contribution in [0.1, 0.15) is 232 Å². The number of carbonyl (C=O) groups is 3. The largest absolute Gasteiger partial charge is 0.545 e. The van der Waals surface area contributed by atoms with Crippen molar-refractivity contribution in [1.82, 2.24) is 0 Å². The predicted octanol–water partition coefficient (Wildman–Crippen LogP) is 22.7. The van der Waals surface area contributed by atoms with Gasteiger partial charge in [-0.25, -0.2) is 0 Å². The minimum atomic E-state index is -1.65. The van der Waals surface area contributed by atoms with E-state index in [9.17, 15) is 19.5 Å². The lowest BCUT2D eigenvalue weighted by molar-refractivity contribution is -0.870. The maximum atomic E-state index is 12.9. The van der Waals surface area contributed by atoms with E-state index in [0.717, 1.165) is 193 Å². The SMILES string of the molecule is CC/C=C\C/C=C\C/C=C\C/C=C\C/C=C\C/C=C\C/C=C\C/C=C\C/C=C\C/C=C\C/C=C\C/C=C\CCCCCCC(=O)OC(COC(=O)CCCCCCCC/C=C\C/C=C\C/C=C\C/C=C\C/C=C\C/C=C\C/C=C\C/C=C\CC)COC(OCC[N+](C)(C)C)C(=O)[O-]. The van der Waals surface area contributed by atoms with Crippen LogP contribution in [-0.4, -0.2) is 82.3 Å². The van der Waals surface area contributed by atoms with Gasteiger partial charge in [-0.1, -0.05) is 295 Å². The van der Waals surface area contributed by atoms with Gasteiger partial charge in [0, 0.05) is 12.8 Å². The van der Waals surface area contributed by atoms with E-state index >= 15 is 0 Å². The van der Waals surface area contributed by atoms with E-state index in [1.807, 2.05) is 21.1 Å². The van der Waals surface area contributed by atoms with Crippen LogP contribution < -0.4 is 5.11 Å². The van der Waals surface area contributed by atoms with E-state index in [-0.39, 0.29) is 32.7 Å². The van der Waals surface area contributed by atoms with Gasteiger partial charge in [0.15, 0.2) is 12.4 Å². The highest BCUT2D eigenvalue weighted by molar-refractivity contribution is 5.70. The van der Waals surface area contributed by atoms with Crippen LogP contribution in [0.5, 0.6) is 0 Å². The van der Waals surface area contributed by atoms with Crippen LogP contribution in [0.2, 0.25) is 0 Å². The Kier molecular flexibility index (Phi) is 69.5. The summed E-state index contributed by atoms with van der Waals surface area (Å²) in [7, 11) is 5.90. The fourth-order valence-electron chi connectivity index (χ4n) is 9.00. The average Bonchev–Trinajstić information content (AvgIpc) is 3.27. The van der Waals surface area contributed by atoms with Gasteiger partial charge in [0.1, 0.15) is 13.2 Å². The molecular weight excluding hydrogens is 1200 g/mol. The van der Waals surface area contributed by atoms with E-state index in [0.29, 0.717) is 23.9 Å². The number of likely N-dealkylation sites (N-methyl/N-ethyl adjacent to an activating group) is 1. The number of unbranched alkanes of at least 4 members (excludes halogenated alkanes) is 10. The molecule has 0 aliphatic rings. The minimum absolute atomic E-state index is 0.125. The third-order valence-corrected chi connectivity index (χ3v) is 14.6. The van der Waals surface area contributed by atoms with E-state index in [1.54, 1.807) is 0 Å². The second-order valence-electron chi connectivity index (χ2n) is 24.8. The summed E-state index contributed by atoms with van der Waals surface area (Å²) in [5, 5.41) is 11.8. The Labute approximate surface area is 592 Å². The number of allylic oxidation sites excluding steroid dienone is 40. The zero-order valence-corrected chi connectivity index (χ0v) is 61.3. The van der Waals surface area contributed by atoms with Crippen molar-refractivity contribution in [1.29, 1.82) is 0 Å². The van der Waals surface area contributed by atoms with E-state index in [4.69, 9.17) is 18.9 Å². The highest BCUT2D eigenvalue weighted by Crippen LogP contribution is 2.13. The normalized spacial score (nSPS) is 14.1. The quantitative estimate of drug-likeness (QED) is 0.0195. The molecule has 0 heterocycles. The highest BCUT2D eigenvalue weighted by atomic mass is 16.7. The first-order chi connectivity index (χ1) is 47.6. The van der Waals surface area contributed by atoms with Gasteiger partial charge in [-0.2, -0.15) is 0 Å². The summed E-state index contributed by atoms with van der Waals surface area (Å²) in [6, 6.07) is 0. The number of esters is 2. The zero-order chi connectivity index (χ0) is 70.4. The second-order valence-corrected chi connectivity index (χ2v) is 24.8. The molecular formula is C88H133NO8. The third kappa shape index (κ3) is 76.3. The first-order valence-electron chi connectivity index (χ1n) is 37.2. The fraction of sp³-hybridized carbons (Fsp3) is 0.511. The average molecular weight is 1330 g/mol. The summed E-state index contributed by atoms with van der Waals surface area (Å²) < 4.78 is 22.7. The monoisotopic (exact) mass is 1330 g/mol. The number of hydrogen-bond donors (Lipinski definition) is 0. The van der Waals surface area contributed by atoms with Gasteiger partial charge >= 0.3 is 11.9 Å². The molecule has 0 saturated heterocycles. The van der Waals surface area contributed by atoms with Gasteiger partial charge in [0.05, 0.1) is 40.3 Å². The summed E-state index contributed by atoms with van der Waals surface area (Å²) in [6.07, 6.45) is 118. The van der Waals surface area contributed by atoms with Crippen molar-refractivity contribution in [3.05, 3.63) is 243 Å². The van der Waals surface area contributed by atoms with Gasteiger partial charge in [-0.15, -0.1) is 0 Å². The van der Waals surface area contributed by atoms with Crippen molar-refractivity contribution in [2.75, 3.05) is 47.5 Å². The molecule has 0 bridgehead atoms. The van der Waals surface area contributed by atoms with Gasteiger partial charge in [-0.05, 0) is 167 Å². The molecule has 0 aliphatic heterocycles. The Balaban J connectivity index is 4.29. The molecule has 0 rings (SSSR count). The van der Waals surface area contributed by atoms with Crippen LogP contribution in [0.15, 0.2) is 243 Å². The molecule has 0 aliphatic carbocycles. The maximum absolute atomic E-state index is 12.9. The summed E-state index contributed by atoms with van der Waals surface area (Å²) in [6.45, 7) is 4.43. The molecule has 0 aromatic rings. The number of nitrogens with zero attached hydrogens (tertiary/aromatic N) is 1. The number of carboxylic acid groups (broad SMARTS) is 1. The smallest absolute Gasteiger partial charge is 0.306 e. The number of aliphatic carboxylic acids is 1. The second kappa shape index (κ2) is 74.9. The summed E-state index contributed by atoms with van der Waals surface area (Å²) in [5.41, 5.74) is 0. The molecule has 0 aromatic heterocycles. The lowest BCUT2D eigenvalue weighted by Crippen LogP contribution is -2.44. The highest BCUT2D eigenvalue weighted by Gasteiger charge is 2.22. The summed E-state index contributed by atoms with van der Waals surface area (Å²) >= 11 is 0. The minimum Gasteiger partial charge on any atom is -0.545 e. The Morgan fingerprint density at radius 3 is 0.825 bits per heavy atom. The third-order valence-electron chi connectivity index (χ3n) is 14.6. The number of carboxylic acids is 1. The van der Waals surface area contributed by atoms with Crippen molar-refractivity contribution in [3.63, 3.8) is 0 Å². The molecule has 538 valence electrons. The Hall–Kier alpha value is -6.91. The molecule has 0 aromatic carbocycles. The molecule has 2 unspecified atom stereocenters. The molecule has 9 nitrogen and oxygen atoms in total. The van der Waals surface area contributed by atoms with E-state index in [1.165, 1.54) is 0 Å².